The molecule has 2 fully saturated rings. The summed E-state index contributed by atoms with van der Waals surface area (Å²) in [6.07, 6.45) is 13.2. The van der Waals surface area contributed by atoms with Crippen molar-refractivity contribution in [2.45, 2.75) is 70.5 Å². The molecule has 3 nitrogen and oxygen atoms in total. The van der Waals surface area contributed by atoms with Crippen LogP contribution in [0.4, 0.5) is 4.39 Å². The lowest BCUT2D eigenvalue weighted by molar-refractivity contribution is -0.229. The summed E-state index contributed by atoms with van der Waals surface area (Å²) in [7, 11) is 0. The Hall–Kier alpha value is -1.70. The van der Waals surface area contributed by atoms with Crippen LogP contribution in [0.15, 0.2) is 30.4 Å². The van der Waals surface area contributed by atoms with Crippen molar-refractivity contribution in [2.24, 2.45) is 11.8 Å². The monoisotopic (exact) mass is 385 g/mol. The minimum Gasteiger partial charge on any atom is -0.352 e. The first kappa shape index (κ1) is 21.0. The van der Waals surface area contributed by atoms with Gasteiger partial charge in [-0.2, -0.15) is 5.26 Å². The van der Waals surface area contributed by atoms with Crippen molar-refractivity contribution in [3.8, 4) is 6.07 Å². The fourth-order valence-electron chi connectivity index (χ4n) is 4.33. The summed E-state index contributed by atoms with van der Waals surface area (Å²) in [5, 5.41) is 8.88. The Morgan fingerprint density at radius 1 is 1.11 bits per heavy atom. The van der Waals surface area contributed by atoms with Gasteiger partial charge >= 0.3 is 0 Å². The topological polar surface area (TPSA) is 42.2 Å². The van der Waals surface area contributed by atoms with E-state index in [1.54, 1.807) is 6.07 Å². The summed E-state index contributed by atoms with van der Waals surface area (Å²) in [5.41, 5.74) is 1.13. The van der Waals surface area contributed by atoms with Crippen LogP contribution in [0, 0.1) is 29.0 Å². The third-order valence-corrected chi connectivity index (χ3v) is 6.10. The molecular weight excluding hydrogens is 353 g/mol. The molecular formula is C24H32FNO2. The minimum atomic E-state index is -0.406. The van der Waals surface area contributed by atoms with Crippen molar-refractivity contribution in [1.29, 1.82) is 5.26 Å². The Morgan fingerprint density at radius 3 is 2.46 bits per heavy atom. The Balaban J connectivity index is 1.40. The molecule has 1 aliphatic carbocycles. The van der Waals surface area contributed by atoms with E-state index < -0.39 is 5.82 Å². The van der Waals surface area contributed by atoms with Crippen LogP contribution in [0.1, 0.15) is 75.3 Å². The molecule has 0 aromatic heterocycles. The molecule has 1 aliphatic heterocycles. The lowest BCUT2D eigenvalue weighted by Crippen LogP contribution is -2.38. The molecule has 152 valence electrons. The number of hydrogen-bond donors (Lipinski definition) is 0. The summed E-state index contributed by atoms with van der Waals surface area (Å²) in [6, 6.07) is 6.93. The average Bonchev–Trinajstić information content (AvgIpc) is 2.74. The van der Waals surface area contributed by atoms with Crippen LogP contribution < -0.4 is 0 Å². The molecule has 0 unspecified atom stereocenters. The van der Waals surface area contributed by atoms with E-state index in [0.717, 1.165) is 63.7 Å². The Morgan fingerprint density at radius 2 is 1.82 bits per heavy atom. The first-order valence-electron chi connectivity index (χ1n) is 10.8. The van der Waals surface area contributed by atoms with Gasteiger partial charge in [-0.05, 0) is 68.6 Å². The number of unbranched alkanes of at least 4 members (excludes halogenated alkanes) is 1. The van der Waals surface area contributed by atoms with Crippen molar-refractivity contribution in [3.05, 3.63) is 47.3 Å². The number of ether oxygens (including phenoxy) is 2. The molecule has 1 aromatic carbocycles. The summed E-state index contributed by atoms with van der Waals surface area (Å²) in [6.45, 7) is 3.80. The summed E-state index contributed by atoms with van der Waals surface area (Å²) >= 11 is 0. The molecule has 0 spiro atoms. The fraction of sp³-hybridized carbons (Fsp3) is 0.625. The molecule has 0 atom stereocenters. The van der Waals surface area contributed by atoms with E-state index in [1.807, 2.05) is 12.1 Å². The predicted molar refractivity (Wildman–Crippen MR) is 108 cm³/mol. The molecule has 0 amide bonds. The maximum Gasteiger partial charge on any atom is 0.160 e. The van der Waals surface area contributed by atoms with E-state index in [0.29, 0.717) is 17.8 Å². The van der Waals surface area contributed by atoms with Gasteiger partial charge in [0.05, 0.1) is 18.8 Å². The van der Waals surface area contributed by atoms with Crippen molar-refractivity contribution < 1.29 is 13.9 Å². The van der Waals surface area contributed by atoms with Crippen molar-refractivity contribution in [1.82, 2.24) is 0 Å². The standard InChI is InChI=1S/C24H32FNO2/c1-2-3-4-5-6-7-18-16-27-24(28-17-18)20-10-8-19(9-11-20)21-12-13-22(15-26)23(25)14-21/h4-5,12-14,18-20,24H,2-3,6-11,16-17H2,1H3/b5-4+/t18-,19?,20?,24-. The number of nitrogens with zero attached hydrogens (tertiary/aromatic N) is 1. The number of rotatable bonds is 7. The third-order valence-electron chi connectivity index (χ3n) is 6.10. The fourth-order valence-corrected chi connectivity index (χ4v) is 4.33. The van der Waals surface area contributed by atoms with Crippen LogP contribution in [0.3, 0.4) is 0 Å². The normalized spacial score (nSPS) is 28.3. The molecule has 0 radical (unpaired) electrons. The van der Waals surface area contributed by atoms with Gasteiger partial charge in [-0.3, -0.25) is 0 Å². The summed E-state index contributed by atoms with van der Waals surface area (Å²) < 4.78 is 26.0. The van der Waals surface area contributed by atoms with E-state index >= 15 is 0 Å². The Bertz CT molecular complexity index is 680. The maximum atomic E-state index is 13.9. The van der Waals surface area contributed by atoms with Crippen molar-refractivity contribution in [3.63, 3.8) is 0 Å². The smallest absolute Gasteiger partial charge is 0.160 e. The van der Waals surface area contributed by atoms with Gasteiger partial charge in [0.25, 0.3) is 0 Å². The highest BCUT2D eigenvalue weighted by Gasteiger charge is 2.32. The highest BCUT2D eigenvalue weighted by atomic mass is 19.1. The molecule has 1 aromatic rings. The predicted octanol–water partition coefficient (Wildman–Crippen LogP) is 6.10. The van der Waals surface area contributed by atoms with Crippen LogP contribution in [0.2, 0.25) is 0 Å². The molecule has 4 heteroatoms. The summed E-state index contributed by atoms with van der Waals surface area (Å²) in [4.78, 5) is 0. The first-order valence-corrected chi connectivity index (χ1v) is 10.8. The molecule has 28 heavy (non-hydrogen) atoms. The molecule has 1 heterocycles. The zero-order valence-electron chi connectivity index (χ0n) is 16.9. The van der Waals surface area contributed by atoms with Gasteiger partial charge in [-0.15, -0.1) is 0 Å². The second-order valence-corrected chi connectivity index (χ2v) is 8.20. The third kappa shape index (κ3) is 5.65. The minimum absolute atomic E-state index is 0.0782. The van der Waals surface area contributed by atoms with Crippen molar-refractivity contribution in [2.75, 3.05) is 13.2 Å². The second kappa shape index (κ2) is 10.7. The second-order valence-electron chi connectivity index (χ2n) is 8.20. The van der Waals surface area contributed by atoms with Crippen LogP contribution in [0.25, 0.3) is 0 Å². The van der Waals surface area contributed by atoms with E-state index in [4.69, 9.17) is 14.7 Å². The number of halogens is 1. The van der Waals surface area contributed by atoms with Crippen molar-refractivity contribution >= 4 is 0 Å². The van der Waals surface area contributed by atoms with E-state index in [1.165, 1.54) is 12.5 Å². The van der Waals surface area contributed by atoms with E-state index in [-0.39, 0.29) is 11.9 Å². The lowest BCUT2D eigenvalue weighted by atomic mass is 9.78. The zero-order chi connectivity index (χ0) is 19.8. The maximum absolute atomic E-state index is 13.9. The highest BCUT2D eigenvalue weighted by molar-refractivity contribution is 5.34. The van der Waals surface area contributed by atoms with E-state index in [2.05, 4.69) is 19.1 Å². The van der Waals surface area contributed by atoms with Gasteiger partial charge in [-0.1, -0.05) is 31.6 Å². The average molecular weight is 386 g/mol. The number of allylic oxidation sites excluding steroid dienone is 2. The SMILES string of the molecule is CCC/C=C/CC[C@H]1CO[C@H](C2CCC(c3ccc(C#N)c(F)c3)CC2)OC1. The van der Waals surface area contributed by atoms with Crippen LogP contribution in [0.5, 0.6) is 0 Å². The number of benzene rings is 1. The number of nitriles is 1. The zero-order valence-corrected chi connectivity index (χ0v) is 16.9. The van der Waals surface area contributed by atoms with Gasteiger partial charge in [-0.25, -0.2) is 4.39 Å². The quantitative estimate of drug-likeness (QED) is 0.533. The molecule has 0 bridgehead atoms. The van der Waals surface area contributed by atoms with Gasteiger partial charge in [0.15, 0.2) is 6.29 Å². The van der Waals surface area contributed by atoms with Crippen LogP contribution >= 0.6 is 0 Å². The largest absolute Gasteiger partial charge is 0.352 e. The van der Waals surface area contributed by atoms with E-state index in [9.17, 15) is 4.39 Å². The summed E-state index contributed by atoms with van der Waals surface area (Å²) in [5.74, 6) is 0.895. The molecule has 0 N–H and O–H groups in total. The molecule has 3 rings (SSSR count). The lowest BCUT2D eigenvalue weighted by Gasteiger charge is -2.37. The molecule has 1 saturated carbocycles. The van der Waals surface area contributed by atoms with Gasteiger partial charge in [0.1, 0.15) is 11.9 Å². The van der Waals surface area contributed by atoms with Gasteiger partial charge < -0.3 is 9.47 Å². The van der Waals surface area contributed by atoms with Gasteiger partial charge in [0.2, 0.25) is 0 Å². The van der Waals surface area contributed by atoms with Crippen LogP contribution in [-0.2, 0) is 9.47 Å². The van der Waals surface area contributed by atoms with Crippen LogP contribution in [-0.4, -0.2) is 19.5 Å². The molecule has 2 aliphatic rings. The van der Waals surface area contributed by atoms with Gasteiger partial charge in [0, 0.05) is 11.8 Å². The Labute approximate surface area is 168 Å². The molecule has 1 saturated heterocycles. The first-order chi connectivity index (χ1) is 13.7. The Kier molecular flexibility index (Phi) is 8.06. The highest BCUT2D eigenvalue weighted by Crippen LogP contribution is 2.39. The number of hydrogen-bond acceptors (Lipinski definition) is 3.